The number of alkyl halides is 1. The second-order valence-electron chi connectivity index (χ2n) is 5.12. The zero-order valence-corrected chi connectivity index (χ0v) is 12.3. The molecule has 1 aromatic rings. The monoisotopic (exact) mass is 316 g/mol. The molecule has 116 valence electrons. The molecule has 1 saturated heterocycles. The summed E-state index contributed by atoms with van der Waals surface area (Å²) in [5.74, 6) is -0.182. The van der Waals surface area contributed by atoms with Crippen LogP contribution >= 0.6 is 11.6 Å². The van der Waals surface area contributed by atoms with Crippen molar-refractivity contribution in [1.29, 1.82) is 0 Å². The van der Waals surface area contributed by atoms with Crippen molar-refractivity contribution in [3.05, 3.63) is 32.6 Å². The summed E-state index contributed by atoms with van der Waals surface area (Å²) in [5.41, 5.74) is -0.646. The summed E-state index contributed by atoms with van der Waals surface area (Å²) in [6.45, 7) is 1.58. The number of nitrogens with one attached hydrogen (secondary N) is 1. The molecule has 0 radical (unpaired) electrons. The second kappa shape index (κ2) is 6.55. The Labute approximate surface area is 125 Å². The molecule has 0 bridgehead atoms. The van der Waals surface area contributed by atoms with Gasteiger partial charge in [0.25, 0.3) is 5.56 Å². The number of aromatic nitrogens is 2. The summed E-state index contributed by atoms with van der Waals surface area (Å²) in [7, 11) is 0. The first-order chi connectivity index (χ1) is 9.92. The molecule has 1 fully saturated rings. The number of aliphatic hydroxyl groups excluding tert-OH is 1. The fourth-order valence-corrected chi connectivity index (χ4v) is 2.45. The maximum Gasteiger partial charge on any atom is 0.330 e. The highest BCUT2D eigenvalue weighted by Gasteiger charge is 2.35. The Morgan fingerprint density at radius 1 is 1.57 bits per heavy atom. The van der Waals surface area contributed by atoms with Crippen molar-refractivity contribution in [3.63, 3.8) is 0 Å². The summed E-state index contributed by atoms with van der Waals surface area (Å²) in [6.07, 6.45) is 0.256. The number of hydrogen-bond donors (Lipinski definition) is 2. The molecule has 7 nitrogen and oxygen atoms in total. The van der Waals surface area contributed by atoms with Crippen LogP contribution in [0, 0.1) is 6.92 Å². The Hall–Kier alpha value is -1.44. The third-order valence-corrected chi connectivity index (χ3v) is 3.82. The van der Waals surface area contributed by atoms with Gasteiger partial charge in [-0.1, -0.05) is 0 Å². The molecule has 2 N–H and O–H groups in total. The number of carbonyl (C=O) groups excluding carboxylic acids is 1. The zero-order chi connectivity index (χ0) is 15.6. The molecule has 2 heterocycles. The fourth-order valence-electron chi connectivity index (χ4n) is 2.32. The van der Waals surface area contributed by atoms with Crippen molar-refractivity contribution in [3.8, 4) is 0 Å². The molecule has 0 aliphatic carbocycles. The molecule has 0 spiro atoms. The summed E-state index contributed by atoms with van der Waals surface area (Å²) < 4.78 is 6.88. The number of aliphatic hydroxyl groups is 1. The summed E-state index contributed by atoms with van der Waals surface area (Å²) in [4.78, 5) is 36.5. The number of ether oxygens (including phenoxy) is 1. The largest absolute Gasteiger partial charge is 0.390 e. The molecule has 21 heavy (non-hydrogen) atoms. The first kappa shape index (κ1) is 15.9. The van der Waals surface area contributed by atoms with Gasteiger partial charge in [-0.05, 0) is 13.3 Å². The van der Waals surface area contributed by atoms with Gasteiger partial charge in [-0.3, -0.25) is 19.1 Å². The van der Waals surface area contributed by atoms with E-state index in [4.69, 9.17) is 16.3 Å². The minimum absolute atomic E-state index is 0.0647. The lowest BCUT2D eigenvalue weighted by atomic mass is 10.1. The van der Waals surface area contributed by atoms with Crippen molar-refractivity contribution in [2.75, 3.05) is 5.88 Å². The van der Waals surface area contributed by atoms with Gasteiger partial charge in [0.05, 0.1) is 18.1 Å². The third kappa shape index (κ3) is 3.61. The van der Waals surface area contributed by atoms with Crippen molar-refractivity contribution in [2.24, 2.45) is 0 Å². The first-order valence-corrected chi connectivity index (χ1v) is 7.19. The number of hydrogen-bond acceptors (Lipinski definition) is 5. The fraction of sp³-hybridized carbons (Fsp3) is 0.615. The maximum absolute atomic E-state index is 11.8. The van der Waals surface area contributed by atoms with Crippen LogP contribution in [0.4, 0.5) is 0 Å². The van der Waals surface area contributed by atoms with Gasteiger partial charge < -0.3 is 9.84 Å². The number of Topliss-reactive ketones (excluding diaryl/α,β-unsaturated/α-hetero) is 1. The van der Waals surface area contributed by atoms with Gasteiger partial charge >= 0.3 is 5.69 Å². The van der Waals surface area contributed by atoms with Crippen LogP contribution in [-0.4, -0.2) is 38.5 Å². The van der Waals surface area contributed by atoms with Gasteiger partial charge in [-0.25, -0.2) is 4.79 Å². The van der Waals surface area contributed by atoms with Crippen LogP contribution in [0.2, 0.25) is 0 Å². The van der Waals surface area contributed by atoms with Gasteiger partial charge in [-0.2, -0.15) is 0 Å². The molecule has 3 atom stereocenters. The van der Waals surface area contributed by atoms with Crippen LogP contribution in [0.25, 0.3) is 0 Å². The SMILES string of the molecule is Cc1cn(C2CC(O)C(CCC(=O)CCl)O2)c(=O)[nH]c1=O. The van der Waals surface area contributed by atoms with Crippen LogP contribution < -0.4 is 11.2 Å². The van der Waals surface area contributed by atoms with E-state index in [1.165, 1.54) is 10.8 Å². The number of ketones is 1. The molecule has 0 saturated carbocycles. The number of halogens is 1. The molecule has 0 amide bonds. The topological polar surface area (TPSA) is 101 Å². The van der Waals surface area contributed by atoms with E-state index in [-0.39, 0.29) is 24.5 Å². The molecule has 3 unspecified atom stereocenters. The Morgan fingerprint density at radius 2 is 2.29 bits per heavy atom. The Kier molecular flexibility index (Phi) is 4.97. The number of aromatic amines is 1. The predicted octanol–water partition coefficient (Wildman–Crippen LogP) is 0.0815. The Balaban J connectivity index is 2.10. The number of nitrogens with zero attached hydrogens (tertiary/aromatic N) is 1. The Morgan fingerprint density at radius 3 is 2.95 bits per heavy atom. The normalized spacial score (nSPS) is 25.2. The highest BCUT2D eigenvalue weighted by atomic mass is 35.5. The van der Waals surface area contributed by atoms with E-state index in [9.17, 15) is 19.5 Å². The van der Waals surface area contributed by atoms with E-state index in [1.54, 1.807) is 6.92 Å². The van der Waals surface area contributed by atoms with Crippen LogP contribution in [0.15, 0.2) is 15.8 Å². The van der Waals surface area contributed by atoms with E-state index in [1.807, 2.05) is 0 Å². The van der Waals surface area contributed by atoms with Crippen LogP contribution in [0.3, 0.4) is 0 Å². The van der Waals surface area contributed by atoms with Gasteiger partial charge in [-0.15, -0.1) is 11.6 Å². The van der Waals surface area contributed by atoms with Gasteiger partial charge in [0.2, 0.25) is 0 Å². The van der Waals surface area contributed by atoms with Crippen LogP contribution in [0.1, 0.15) is 31.1 Å². The Bertz CT molecular complexity index is 638. The number of rotatable bonds is 5. The van der Waals surface area contributed by atoms with Gasteiger partial charge in [0.1, 0.15) is 12.0 Å². The highest BCUT2D eigenvalue weighted by molar-refractivity contribution is 6.27. The molecule has 1 aliphatic rings. The van der Waals surface area contributed by atoms with E-state index >= 15 is 0 Å². The molecule has 0 aromatic carbocycles. The molecular formula is C13H17ClN2O5. The second-order valence-corrected chi connectivity index (χ2v) is 5.39. The lowest BCUT2D eigenvalue weighted by molar-refractivity contribution is -0.117. The van der Waals surface area contributed by atoms with E-state index in [0.717, 1.165) is 0 Å². The number of H-pyrrole nitrogens is 1. The van der Waals surface area contributed by atoms with Crippen molar-refractivity contribution in [2.45, 2.75) is 44.6 Å². The van der Waals surface area contributed by atoms with E-state index in [0.29, 0.717) is 12.0 Å². The lowest BCUT2D eigenvalue weighted by Crippen LogP contribution is -2.33. The average molecular weight is 317 g/mol. The van der Waals surface area contributed by atoms with Gasteiger partial charge in [0, 0.05) is 24.6 Å². The van der Waals surface area contributed by atoms with Crippen LogP contribution in [-0.2, 0) is 9.53 Å². The predicted molar refractivity (Wildman–Crippen MR) is 75.6 cm³/mol. The highest BCUT2D eigenvalue weighted by Crippen LogP contribution is 2.30. The first-order valence-electron chi connectivity index (χ1n) is 6.65. The molecule has 8 heteroatoms. The van der Waals surface area contributed by atoms with Crippen molar-refractivity contribution < 1.29 is 14.6 Å². The smallest absolute Gasteiger partial charge is 0.330 e. The lowest BCUT2D eigenvalue weighted by Gasteiger charge is -2.15. The number of aryl methyl sites for hydroxylation is 1. The van der Waals surface area contributed by atoms with E-state index in [2.05, 4.69) is 4.98 Å². The minimum atomic E-state index is -0.766. The molecule has 1 aliphatic heterocycles. The molecule has 1 aromatic heterocycles. The number of carbonyl (C=O) groups is 1. The average Bonchev–Trinajstić information content (AvgIpc) is 2.81. The zero-order valence-electron chi connectivity index (χ0n) is 11.5. The van der Waals surface area contributed by atoms with E-state index < -0.39 is 29.7 Å². The van der Waals surface area contributed by atoms with Crippen molar-refractivity contribution >= 4 is 17.4 Å². The summed E-state index contributed by atoms with van der Waals surface area (Å²) >= 11 is 5.42. The third-order valence-electron chi connectivity index (χ3n) is 3.52. The minimum Gasteiger partial charge on any atom is -0.390 e. The molecular weight excluding hydrogens is 300 g/mol. The van der Waals surface area contributed by atoms with Crippen LogP contribution in [0.5, 0.6) is 0 Å². The summed E-state index contributed by atoms with van der Waals surface area (Å²) in [5, 5.41) is 9.96. The summed E-state index contributed by atoms with van der Waals surface area (Å²) in [6, 6.07) is 0. The quantitative estimate of drug-likeness (QED) is 0.749. The maximum atomic E-state index is 11.8. The van der Waals surface area contributed by atoms with Crippen molar-refractivity contribution in [1.82, 2.24) is 9.55 Å². The molecule has 2 rings (SSSR count). The van der Waals surface area contributed by atoms with Gasteiger partial charge in [0.15, 0.2) is 0 Å². The standard InChI is InChI=1S/C13H17ClN2O5/c1-7-6-16(13(20)15-12(7)19)11-4-9(18)10(21-11)3-2-8(17)5-14/h6,9-11,18H,2-5H2,1H3,(H,15,19,20).